The maximum atomic E-state index is 12.2. The molecule has 36 heavy (non-hydrogen) atoms. The molecule has 8 nitrogen and oxygen atoms in total. The molecule has 3 rings (SSSR count). The van der Waals surface area contributed by atoms with Gasteiger partial charge in [0, 0.05) is 29.2 Å². The fourth-order valence-corrected chi connectivity index (χ4v) is 3.31. The summed E-state index contributed by atoms with van der Waals surface area (Å²) in [4.78, 5) is 36.1. The van der Waals surface area contributed by atoms with Crippen LogP contribution in [0.15, 0.2) is 66.7 Å². The Bertz CT molecular complexity index is 1200. The highest BCUT2D eigenvalue weighted by atomic mass is 35.5. The third kappa shape index (κ3) is 8.63. The molecule has 0 heterocycles. The van der Waals surface area contributed by atoms with Crippen LogP contribution in [0.2, 0.25) is 5.02 Å². The number of nitrogens with one attached hydrogen (secondary N) is 2. The molecule has 0 unspecified atom stereocenters. The maximum Gasteiger partial charge on any atom is 0.306 e. The van der Waals surface area contributed by atoms with E-state index in [1.807, 2.05) is 6.92 Å². The first-order valence-electron chi connectivity index (χ1n) is 11.3. The Labute approximate surface area is 214 Å². The van der Waals surface area contributed by atoms with Gasteiger partial charge in [-0.25, -0.2) is 0 Å². The zero-order valence-electron chi connectivity index (χ0n) is 20.0. The molecular formula is C27H27ClN2O6. The topological polar surface area (TPSA) is 103 Å². The van der Waals surface area contributed by atoms with Crippen molar-refractivity contribution in [3.8, 4) is 17.2 Å². The minimum Gasteiger partial charge on any atom is -0.497 e. The summed E-state index contributed by atoms with van der Waals surface area (Å²) in [6, 6.07) is 19.3. The lowest BCUT2D eigenvalue weighted by atomic mass is 10.2. The van der Waals surface area contributed by atoms with Crippen LogP contribution < -0.4 is 20.1 Å². The number of benzene rings is 3. The Morgan fingerprint density at radius 1 is 0.806 bits per heavy atom. The molecule has 3 aromatic carbocycles. The summed E-state index contributed by atoms with van der Waals surface area (Å²) in [5, 5.41) is 5.91. The molecule has 0 radical (unpaired) electrons. The summed E-state index contributed by atoms with van der Waals surface area (Å²) in [5.41, 5.74) is 2.00. The standard InChI is InChI=1S/C27H27ClN2O6/c1-18-6-7-19(28)16-24(18)30-26(32)17-35-27(33)5-3-4-25(31)29-20-8-10-22(11-9-20)36-23-14-12-21(34-2)13-15-23/h6-16H,3-5,17H2,1-2H3,(H,29,31)(H,30,32). The van der Waals surface area contributed by atoms with Crippen molar-refractivity contribution < 1.29 is 28.6 Å². The molecule has 0 aliphatic heterocycles. The van der Waals surface area contributed by atoms with E-state index in [1.165, 1.54) is 0 Å². The second kappa shape index (κ2) is 13.2. The average Bonchev–Trinajstić information content (AvgIpc) is 2.86. The highest BCUT2D eigenvalue weighted by Gasteiger charge is 2.11. The van der Waals surface area contributed by atoms with Gasteiger partial charge >= 0.3 is 5.97 Å². The van der Waals surface area contributed by atoms with Crippen molar-refractivity contribution in [2.24, 2.45) is 0 Å². The fourth-order valence-electron chi connectivity index (χ4n) is 3.14. The molecule has 2 amide bonds. The van der Waals surface area contributed by atoms with E-state index in [0.717, 1.165) is 11.3 Å². The Morgan fingerprint density at radius 2 is 1.44 bits per heavy atom. The molecule has 2 N–H and O–H groups in total. The van der Waals surface area contributed by atoms with Crippen molar-refractivity contribution in [2.45, 2.75) is 26.2 Å². The molecule has 0 aromatic heterocycles. The summed E-state index contributed by atoms with van der Waals surface area (Å²) in [7, 11) is 1.60. The summed E-state index contributed by atoms with van der Waals surface area (Å²) in [6.45, 7) is 1.41. The maximum absolute atomic E-state index is 12.2. The van der Waals surface area contributed by atoms with Gasteiger partial charge in [-0.05, 0) is 79.6 Å². The van der Waals surface area contributed by atoms with Crippen molar-refractivity contribution in [3.05, 3.63) is 77.3 Å². The van der Waals surface area contributed by atoms with Gasteiger partial charge in [-0.2, -0.15) is 0 Å². The highest BCUT2D eigenvalue weighted by molar-refractivity contribution is 6.31. The summed E-state index contributed by atoms with van der Waals surface area (Å²) in [5.74, 6) is 0.766. The normalized spacial score (nSPS) is 10.3. The van der Waals surface area contributed by atoms with E-state index in [9.17, 15) is 14.4 Å². The smallest absolute Gasteiger partial charge is 0.306 e. The molecule has 0 spiro atoms. The van der Waals surface area contributed by atoms with E-state index >= 15 is 0 Å². The first-order valence-corrected chi connectivity index (χ1v) is 11.6. The number of halogens is 1. The number of amides is 2. The molecule has 0 atom stereocenters. The highest BCUT2D eigenvalue weighted by Crippen LogP contribution is 2.25. The van der Waals surface area contributed by atoms with Crippen LogP contribution in [-0.2, 0) is 19.1 Å². The van der Waals surface area contributed by atoms with Gasteiger partial charge in [-0.1, -0.05) is 17.7 Å². The van der Waals surface area contributed by atoms with Gasteiger partial charge in [0.2, 0.25) is 5.91 Å². The van der Waals surface area contributed by atoms with Gasteiger partial charge in [0.1, 0.15) is 17.2 Å². The summed E-state index contributed by atoms with van der Waals surface area (Å²) >= 11 is 5.93. The lowest BCUT2D eigenvalue weighted by Gasteiger charge is -2.10. The second-order valence-corrected chi connectivity index (χ2v) is 8.31. The number of hydrogen-bond acceptors (Lipinski definition) is 6. The Kier molecular flexibility index (Phi) is 9.71. The molecule has 188 valence electrons. The van der Waals surface area contributed by atoms with Gasteiger partial charge in [0.15, 0.2) is 6.61 Å². The first kappa shape index (κ1) is 26.6. The molecule has 0 saturated carbocycles. The molecular weight excluding hydrogens is 484 g/mol. The third-order valence-electron chi connectivity index (χ3n) is 5.06. The molecule has 0 saturated heterocycles. The minimum atomic E-state index is -0.555. The molecule has 3 aromatic rings. The van der Waals surface area contributed by atoms with Gasteiger partial charge in [0.05, 0.1) is 7.11 Å². The van der Waals surface area contributed by atoms with Crippen molar-refractivity contribution in [3.63, 3.8) is 0 Å². The van der Waals surface area contributed by atoms with Gasteiger partial charge in [-0.3, -0.25) is 14.4 Å². The van der Waals surface area contributed by atoms with Crippen molar-refractivity contribution >= 4 is 40.8 Å². The number of anilines is 2. The van der Waals surface area contributed by atoms with E-state index in [1.54, 1.807) is 73.8 Å². The Hall–Kier alpha value is -4.04. The SMILES string of the molecule is COc1ccc(Oc2ccc(NC(=O)CCCC(=O)OCC(=O)Nc3cc(Cl)ccc3C)cc2)cc1. The van der Waals surface area contributed by atoms with Gasteiger partial charge < -0.3 is 24.8 Å². The van der Waals surface area contributed by atoms with Crippen LogP contribution in [0, 0.1) is 6.92 Å². The predicted octanol–water partition coefficient (Wildman–Crippen LogP) is 5.74. The van der Waals surface area contributed by atoms with E-state index in [4.69, 9.17) is 25.8 Å². The predicted molar refractivity (Wildman–Crippen MR) is 138 cm³/mol. The summed E-state index contributed by atoms with van der Waals surface area (Å²) in [6.07, 6.45) is 0.441. The van der Waals surface area contributed by atoms with Crippen LogP contribution in [0.5, 0.6) is 17.2 Å². The molecule has 0 aliphatic carbocycles. The molecule has 0 aliphatic rings. The quantitative estimate of drug-likeness (QED) is 0.319. The van der Waals surface area contributed by atoms with Crippen LogP contribution in [0.3, 0.4) is 0 Å². The first-order chi connectivity index (χ1) is 17.3. The lowest BCUT2D eigenvalue weighted by molar-refractivity contribution is -0.147. The zero-order chi connectivity index (χ0) is 25.9. The number of ether oxygens (including phenoxy) is 3. The fraction of sp³-hybridized carbons (Fsp3) is 0.222. The second-order valence-electron chi connectivity index (χ2n) is 7.87. The van der Waals surface area contributed by atoms with E-state index in [0.29, 0.717) is 34.3 Å². The van der Waals surface area contributed by atoms with Crippen LogP contribution in [0.4, 0.5) is 11.4 Å². The van der Waals surface area contributed by atoms with Crippen LogP contribution >= 0.6 is 11.6 Å². The largest absolute Gasteiger partial charge is 0.497 e. The van der Waals surface area contributed by atoms with Crippen LogP contribution in [0.25, 0.3) is 0 Å². The third-order valence-corrected chi connectivity index (χ3v) is 5.29. The van der Waals surface area contributed by atoms with Crippen LogP contribution in [0.1, 0.15) is 24.8 Å². The molecule has 0 bridgehead atoms. The van der Waals surface area contributed by atoms with Gasteiger partial charge in [-0.15, -0.1) is 0 Å². The van der Waals surface area contributed by atoms with E-state index < -0.39 is 18.5 Å². The Balaban J connectivity index is 1.34. The number of carbonyl (C=O) groups is 3. The van der Waals surface area contributed by atoms with E-state index in [2.05, 4.69) is 10.6 Å². The number of aryl methyl sites for hydroxylation is 1. The number of rotatable bonds is 11. The van der Waals surface area contributed by atoms with Crippen molar-refractivity contribution in [1.82, 2.24) is 0 Å². The van der Waals surface area contributed by atoms with Crippen LogP contribution in [-0.4, -0.2) is 31.5 Å². The average molecular weight is 511 g/mol. The number of esters is 1. The number of methoxy groups -OCH3 is 1. The number of carbonyl (C=O) groups excluding carboxylic acids is 3. The molecule has 9 heteroatoms. The Morgan fingerprint density at radius 3 is 2.11 bits per heavy atom. The number of hydrogen-bond donors (Lipinski definition) is 2. The lowest BCUT2D eigenvalue weighted by Crippen LogP contribution is -2.21. The monoisotopic (exact) mass is 510 g/mol. The van der Waals surface area contributed by atoms with Crippen molar-refractivity contribution in [1.29, 1.82) is 0 Å². The van der Waals surface area contributed by atoms with Crippen molar-refractivity contribution in [2.75, 3.05) is 24.4 Å². The van der Waals surface area contributed by atoms with Gasteiger partial charge in [0.25, 0.3) is 5.91 Å². The molecule has 0 fully saturated rings. The minimum absolute atomic E-state index is 0.0194. The zero-order valence-corrected chi connectivity index (χ0v) is 20.8. The summed E-state index contributed by atoms with van der Waals surface area (Å²) < 4.78 is 15.9. The van der Waals surface area contributed by atoms with E-state index in [-0.39, 0.29) is 18.7 Å².